The molecule has 0 bridgehead atoms. The second-order valence-corrected chi connectivity index (χ2v) is 11.1. The molecule has 3 heterocycles. The molecule has 6 rings (SSSR count). The van der Waals surface area contributed by atoms with Crippen LogP contribution in [0.25, 0.3) is 33.2 Å². The zero-order valence-electron chi connectivity index (χ0n) is 27.2. The van der Waals surface area contributed by atoms with Crippen molar-refractivity contribution in [2.45, 2.75) is 51.5 Å². The van der Waals surface area contributed by atoms with E-state index in [4.69, 9.17) is 9.47 Å². The molecule has 3 aromatic carbocycles. The summed E-state index contributed by atoms with van der Waals surface area (Å²) in [5.41, 5.74) is 4.79. The van der Waals surface area contributed by atoms with Gasteiger partial charge in [-0.05, 0) is 65.2 Å². The third kappa shape index (κ3) is 8.18. The summed E-state index contributed by atoms with van der Waals surface area (Å²) in [7, 11) is -0.654. The molecule has 0 saturated carbocycles. The Morgan fingerprint density at radius 2 is 1.65 bits per heavy atom. The third-order valence-corrected chi connectivity index (χ3v) is 8.19. The van der Waals surface area contributed by atoms with E-state index in [1.165, 1.54) is 7.11 Å². The smallest absolute Gasteiger partial charge is 0.306 e. The molecule has 1 aliphatic rings. The number of nitrogens with zero attached hydrogens (tertiary/aromatic N) is 2. The summed E-state index contributed by atoms with van der Waals surface area (Å²) in [5.74, 6) is -2.31. The Bertz CT molecular complexity index is 1940. The van der Waals surface area contributed by atoms with Crippen LogP contribution in [0.2, 0.25) is 0 Å². The Kier molecular flexibility index (Phi) is 12.3. The highest BCUT2D eigenvalue weighted by atomic mass is 32.2. The molecule has 0 aliphatic carbocycles. The first kappa shape index (κ1) is 35.6. The maximum atomic E-state index is 14.3. The highest BCUT2D eigenvalue weighted by molar-refractivity contribution is 7.86. The van der Waals surface area contributed by atoms with Crippen LogP contribution in [0.1, 0.15) is 40.5 Å². The predicted molar refractivity (Wildman–Crippen MR) is 184 cm³/mol. The van der Waals surface area contributed by atoms with E-state index in [1.54, 1.807) is 30.6 Å². The minimum absolute atomic E-state index is 0.144. The zero-order valence-corrected chi connectivity index (χ0v) is 28.0. The van der Waals surface area contributed by atoms with Crippen LogP contribution in [0.5, 0.6) is 5.88 Å². The van der Waals surface area contributed by atoms with Crippen molar-refractivity contribution in [2.24, 2.45) is 0 Å². The summed E-state index contributed by atoms with van der Waals surface area (Å²) >= 11 is 0. The van der Waals surface area contributed by atoms with Crippen LogP contribution < -0.4 is 14.8 Å². The van der Waals surface area contributed by atoms with Crippen LogP contribution in [0, 0.1) is 11.6 Å². The molecule has 1 aliphatic heterocycles. The van der Waals surface area contributed by atoms with Gasteiger partial charge in [0.1, 0.15) is 17.3 Å². The van der Waals surface area contributed by atoms with Crippen molar-refractivity contribution in [3.05, 3.63) is 96.8 Å². The molecule has 5 aromatic rings. The molecule has 1 saturated heterocycles. The second kappa shape index (κ2) is 16.6. The number of esters is 1. The average Bonchev–Trinajstić information content (AvgIpc) is 3.56. The van der Waals surface area contributed by atoms with Gasteiger partial charge < -0.3 is 14.8 Å². The molecule has 2 N–H and O–H groups in total. The number of hydrogen-bond acceptors (Lipinski definition) is 7. The van der Waals surface area contributed by atoms with Crippen molar-refractivity contribution in [1.82, 2.24) is 9.97 Å². The molecule has 2 unspecified atom stereocenters. The van der Waals surface area contributed by atoms with Crippen molar-refractivity contribution >= 4 is 45.1 Å². The van der Waals surface area contributed by atoms with E-state index < -0.39 is 28.7 Å². The largest absolute Gasteiger partial charge is 0.480 e. The number of hydrogen-bond donors (Lipinski definition) is 2. The van der Waals surface area contributed by atoms with Gasteiger partial charge in [0.15, 0.2) is 17.1 Å². The van der Waals surface area contributed by atoms with Crippen LogP contribution >= 0.6 is 0 Å². The maximum absolute atomic E-state index is 14.3. The first-order valence-corrected chi connectivity index (χ1v) is 16.6. The quantitative estimate of drug-likeness (QED) is 0.160. The number of nitrogens with one attached hydrogen (secondary N) is 2. The summed E-state index contributed by atoms with van der Waals surface area (Å²) in [4.78, 5) is 32.4. The van der Waals surface area contributed by atoms with Gasteiger partial charge in [-0.3, -0.25) is 19.3 Å². The fourth-order valence-electron chi connectivity index (χ4n) is 4.87. The molecule has 9 nitrogen and oxygen atoms in total. The molecule has 250 valence electrons. The van der Waals surface area contributed by atoms with Crippen molar-refractivity contribution < 1.29 is 32.1 Å². The minimum atomic E-state index is -2.06. The van der Waals surface area contributed by atoms with Gasteiger partial charge in [0.2, 0.25) is 5.88 Å². The molecule has 0 radical (unpaired) electrons. The molecule has 2 aromatic heterocycles. The van der Waals surface area contributed by atoms with E-state index in [0.29, 0.717) is 23.7 Å². The lowest BCUT2D eigenvalue weighted by atomic mass is 9.97. The van der Waals surface area contributed by atoms with Gasteiger partial charge in [0.25, 0.3) is 5.91 Å². The molecule has 0 spiro atoms. The van der Waals surface area contributed by atoms with Gasteiger partial charge in [-0.2, -0.15) is 0 Å². The molecular weight excluding hydrogens is 638 g/mol. The zero-order chi connectivity index (χ0) is 34.8. The number of fused-ring (bicyclic) bond motifs is 1. The van der Waals surface area contributed by atoms with Crippen LogP contribution in [-0.4, -0.2) is 39.3 Å². The number of benzene rings is 3. The molecular formula is C36H36F2N4O5S. The van der Waals surface area contributed by atoms with E-state index in [-0.39, 0.29) is 34.8 Å². The summed E-state index contributed by atoms with van der Waals surface area (Å²) in [6.07, 6.45) is 3.12. The highest BCUT2D eigenvalue weighted by Gasteiger charge is 2.29. The van der Waals surface area contributed by atoms with Gasteiger partial charge in [-0.25, -0.2) is 18.0 Å². The number of halogens is 2. The van der Waals surface area contributed by atoms with Gasteiger partial charge >= 0.3 is 5.97 Å². The fourth-order valence-corrected chi connectivity index (χ4v) is 5.75. The number of ether oxygens (including phenoxy) is 2. The van der Waals surface area contributed by atoms with Gasteiger partial charge in [-0.15, -0.1) is 0 Å². The topological polar surface area (TPSA) is 120 Å². The number of amides is 1. The normalized spacial score (nSPS) is 14.1. The van der Waals surface area contributed by atoms with Crippen LogP contribution in [0.3, 0.4) is 0 Å². The minimum Gasteiger partial charge on any atom is -0.480 e. The number of anilines is 2. The number of cyclic esters (lactones) is 1. The summed E-state index contributed by atoms with van der Waals surface area (Å²) in [5, 5.41) is 3.63. The lowest BCUT2D eigenvalue weighted by molar-refractivity contribution is -0.146. The summed E-state index contributed by atoms with van der Waals surface area (Å²) < 4.78 is 53.6. The van der Waals surface area contributed by atoms with Crippen molar-refractivity contribution in [3.63, 3.8) is 0 Å². The monoisotopic (exact) mass is 674 g/mol. The van der Waals surface area contributed by atoms with Crippen molar-refractivity contribution in [1.29, 1.82) is 0 Å². The molecule has 2 atom stereocenters. The number of aromatic nitrogens is 2. The number of methoxy groups -OCH3 is 1. The number of pyridine rings is 2. The van der Waals surface area contributed by atoms with Crippen LogP contribution in [-0.2, 0) is 25.3 Å². The van der Waals surface area contributed by atoms with E-state index in [9.17, 15) is 22.6 Å². The van der Waals surface area contributed by atoms with Gasteiger partial charge in [0.05, 0.1) is 17.5 Å². The fraction of sp³-hybridized carbons (Fsp3) is 0.222. The Hall–Kier alpha value is -5.23. The Morgan fingerprint density at radius 3 is 2.31 bits per heavy atom. The van der Waals surface area contributed by atoms with Crippen molar-refractivity contribution in [2.75, 3.05) is 17.1 Å². The molecule has 1 fully saturated rings. The van der Waals surface area contributed by atoms with Gasteiger partial charge in [0, 0.05) is 47.9 Å². The van der Waals surface area contributed by atoms with Crippen LogP contribution in [0.15, 0.2) is 90.1 Å². The number of carbonyl (C=O) groups is 2. The Labute approximate surface area is 280 Å². The standard InChI is InChI=1S/C32H24F2N4O5S.2C2H6/c1-42-32-27(38-44(41)29-10-5-21(33)16-25(29)34)15-20(17-36-32)19-4-8-26-24(14-19)23(12-13-35-26)18-2-6-22(7-3-18)37-31(40)28-9-11-30(39)43-28;2*1-2/h2-8,10,12-17,28,38H,9,11H2,1H3,(H,37,40);2*1-2H3. The SMILES string of the molecule is CC.CC.COc1ncc(-c2ccc3nccc(-c4ccc(NC(=O)C5CCC(=O)O5)cc4)c3c2)cc1NS(=O)c1ccc(F)cc1F. The molecule has 12 heteroatoms. The van der Waals surface area contributed by atoms with E-state index >= 15 is 0 Å². The first-order chi connectivity index (χ1) is 23.3. The number of rotatable bonds is 8. The van der Waals surface area contributed by atoms with E-state index in [1.807, 2.05) is 64.1 Å². The average molecular weight is 675 g/mol. The van der Waals surface area contributed by atoms with Gasteiger partial charge in [-0.1, -0.05) is 45.9 Å². The van der Waals surface area contributed by atoms with Crippen molar-refractivity contribution in [3.8, 4) is 28.1 Å². The maximum Gasteiger partial charge on any atom is 0.306 e. The second-order valence-electron chi connectivity index (χ2n) is 9.90. The molecule has 1 amide bonds. The van der Waals surface area contributed by atoms with E-state index in [0.717, 1.165) is 39.7 Å². The lowest BCUT2D eigenvalue weighted by Gasteiger charge is -2.13. The first-order valence-electron chi connectivity index (χ1n) is 15.5. The molecule has 48 heavy (non-hydrogen) atoms. The Morgan fingerprint density at radius 1 is 0.917 bits per heavy atom. The number of carbonyl (C=O) groups excluding carboxylic acids is 2. The van der Waals surface area contributed by atoms with E-state index in [2.05, 4.69) is 20.0 Å². The Balaban J connectivity index is 0.00000125. The summed E-state index contributed by atoms with van der Waals surface area (Å²) in [6, 6.07) is 19.4. The predicted octanol–water partition coefficient (Wildman–Crippen LogP) is 8.08. The summed E-state index contributed by atoms with van der Waals surface area (Å²) in [6.45, 7) is 8.00. The lowest BCUT2D eigenvalue weighted by Crippen LogP contribution is -2.27. The third-order valence-electron chi connectivity index (χ3n) is 7.06. The highest BCUT2D eigenvalue weighted by Crippen LogP contribution is 2.34. The van der Waals surface area contributed by atoms with Crippen LogP contribution in [0.4, 0.5) is 20.2 Å².